The highest BCUT2D eigenvalue weighted by molar-refractivity contribution is 7.03. The van der Waals surface area contributed by atoms with E-state index >= 15 is 0 Å². The standard InChI is InChI=1S/C11H13N3OS/c1-8(9-3-2-4-11(15)5-9)12-6-10-7-16-14-13-10/h2-5,7-8,12,15H,6H2,1H3. The van der Waals surface area contributed by atoms with E-state index in [9.17, 15) is 5.11 Å². The molecular weight excluding hydrogens is 222 g/mol. The molecule has 16 heavy (non-hydrogen) atoms. The molecule has 2 N–H and O–H groups in total. The van der Waals surface area contributed by atoms with Crippen LogP contribution in [-0.4, -0.2) is 14.7 Å². The minimum Gasteiger partial charge on any atom is -0.508 e. The lowest BCUT2D eigenvalue weighted by molar-refractivity contribution is 0.472. The Balaban J connectivity index is 1.95. The van der Waals surface area contributed by atoms with Gasteiger partial charge in [-0.3, -0.25) is 0 Å². The summed E-state index contributed by atoms with van der Waals surface area (Å²) in [5.41, 5.74) is 2.00. The molecule has 0 radical (unpaired) electrons. The van der Waals surface area contributed by atoms with Gasteiger partial charge in [0.2, 0.25) is 0 Å². The van der Waals surface area contributed by atoms with Crippen LogP contribution in [-0.2, 0) is 6.54 Å². The number of nitrogens with zero attached hydrogens (tertiary/aromatic N) is 2. The van der Waals surface area contributed by atoms with E-state index in [-0.39, 0.29) is 6.04 Å². The monoisotopic (exact) mass is 235 g/mol. The van der Waals surface area contributed by atoms with E-state index in [2.05, 4.69) is 21.8 Å². The third-order valence-corrected chi connectivity index (χ3v) is 2.92. The number of phenols is 1. The Morgan fingerprint density at radius 3 is 3.06 bits per heavy atom. The van der Waals surface area contributed by atoms with E-state index in [0.29, 0.717) is 12.3 Å². The third kappa shape index (κ3) is 2.77. The molecule has 5 heteroatoms. The van der Waals surface area contributed by atoms with Crippen molar-refractivity contribution in [3.63, 3.8) is 0 Å². The van der Waals surface area contributed by atoms with Crippen molar-refractivity contribution in [2.24, 2.45) is 0 Å². The molecule has 2 rings (SSSR count). The molecule has 0 saturated heterocycles. The van der Waals surface area contributed by atoms with Crippen LogP contribution in [0.15, 0.2) is 29.6 Å². The summed E-state index contributed by atoms with van der Waals surface area (Å²) < 4.78 is 3.80. The first-order valence-electron chi connectivity index (χ1n) is 5.04. The van der Waals surface area contributed by atoms with Crippen LogP contribution in [0.1, 0.15) is 24.2 Å². The maximum absolute atomic E-state index is 9.37. The molecule has 0 aliphatic carbocycles. The highest BCUT2D eigenvalue weighted by Crippen LogP contribution is 2.17. The van der Waals surface area contributed by atoms with Crippen LogP contribution in [0.4, 0.5) is 0 Å². The summed E-state index contributed by atoms with van der Waals surface area (Å²) >= 11 is 1.35. The Bertz CT molecular complexity index is 444. The van der Waals surface area contributed by atoms with Crippen molar-refractivity contribution in [3.05, 3.63) is 40.9 Å². The SMILES string of the molecule is CC(NCc1csnn1)c1cccc(O)c1. The highest BCUT2D eigenvalue weighted by atomic mass is 32.1. The molecule has 0 aliphatic rings. The maximum atomic E-state index is 9.37. The second kappa shape index (κ2) is 5.05. The lowest BCUT2D eigenvalue weighted by Crippen LogP contribution is -2.18. The summed E-state index contributed by atoms with van der Waals surface area (Å²) in [6, 6.07) is 7.43. The van der Waals surface area contributed by atoms with Crippen LogP contribution in [0.3, 0.4) is 0 Å². The van der Waals surface area contributed by atoms with Gasteiger partial charge in [-0.05, 0) is 36.2 Å². The van der Waals surface area contributed by atoms with Crippen LogP contribution in [0.5, 0.6) is 5.75 Å². The first-order chi connectivity index (χ1) is 7.75. The van der Waals surface area contributed by atoms with E-state index in [0.717, 1.165) is 11.3 Å². The molecule has 0 fully saturated rings. The zero-order chi connectivity index (χ0) is 11.4. The van der Waals surface area contributed by atoms with Gasteiger partial charge < -0.3 is 10.4 Å². The Morgan fingerprint density at radius 2 is 2.38 bits per heavy atom. The quantitative estimate of drug-likeness (QED) is 0.852. The van der Waals surface area contributed by atoms with Gasteiger partial charge in [0, 0.05) is 18.0 Å². The number of rotatable bonds is 4. The van der Waals surface area contributed by atoms with Gasteiger partial charge in [-0.1, -0.05) is 16.6 Å². The lowest BCUT2D eigenvalue weighted by Gasteiger charge is -2.13. The van der Waals surface area contributed by atoms with Crippen LogP contribution >= 0.6 is 11.5 Å². The highest BCUT2D eigenvalue weighted by Gasteiger charge is 2.06. The van der Waals surface area contributed by atoms with Gasteiger partial charge in [-0.15, -0.1) is 5.10 Å². The summed E-state index contributed by atoms with van der Waals surface area (Å²) in [6.07, 6.45) is 0. The molecule has 0 spiro atoms. The van der Waals surface area contributed by atoms with Crippen molar-refractivity contribution in [1.82, 2.24) is 14.9 Å². The number of phenolic OH excluding ortho intramolecular Hbond substituents is 1. The first-order valence-corrected chi connectivity index (χ1v) is 5.87. The maximum Gasteiger partial charge on any atom is 0.115 e. The molecule has 2 aromatic rings. The zero-order valence-corrected chi connectivity index (χ0v) is 9.74. The zero-order valence-electron chi connectivity index (χ0n) is 8.92. The third-order valence-electron chi connectivity index (χ3n) is 2.36. The largest absolute Gasteiger partial charge is 0.508 e. The molecule has 4 nitrogen and oxygen atoms in total. The van der Waals surface area contributed by atoms with E-state index < -0.39 is 0 Å². The van der Waals surface area contributed by atoms with Crippen molar-refractivity contribution in [2.45, 2.75) is 19.5 Å². The lowest BCUT2D eigenvalue weighted by atomic mass is 10.1. The molecule has 1 unspecified atom stereocenters. The van der Waals surface area contributed by atoms with Crippen molar-refractivity contribution in [3.8, 4) is 5.75 Å². The summed E-state index contributed by atoms with van der Waals surface area (Å²) in [4.78, 5) is 0. The number of aromatic nitrogens is 2. The summed E-state index contributed by atoms with van der Waals surface area (Å²) in [5.74, 6) is 0.293. The molecule has 1 aromatic carbocycles. The normalized spacial score (nSPS) is 12.6. The smallest absolute Gasteiger partial charge is 0.115 e. The van der Waals surface area contributed by atoms with Crippen molar-refractivity contribution in [2.75, 3.05) is 0 Å². The minimum absolute atomic E-state index is 0.175. The number of hydrogen-bond acceptors (Lipinski definition) is 5. The average Bonchev–Trinajstić information content (AvgIpc) is 2.78. The summed E-state index contributed by atoms with van der Waals surface area (Å²) in [5, 5.41) is 18.6. The van der Waals surface area contributed by atoms with E-state index in [1.54, 1.807) is 12.1 Å². The van der Waals surface area contributed by atoms with E-state index in [1.807, 2.05) is 17.5 Å². The fourth-order valence-corrected chi connectivity index (χ4v) is 1.88. The van der Waals surface area contributed by atoms with Crippen molar-refractivity contribution >= 4 is 11.5 Å². The molecule has 1 heterocycles. The number of nitrogens with one attached hydrogen (secondary N) is 1. The molecule has 0 bridgehead atoms. The van der Waals surface area contributed by atoms with Crippen LogP contribution in [0.2, 0.25) is 0 Å². The second-order valence-corrected chi connectivity index (χ2v) is 4.20. The molecule has 1 atom stereocenters. The molecule has 84 valence electrons. The molecule has 1 aromatic heterocycles. The Labute approximate surface area is 98.1 Å². The number of benzene rings is 1. The minimum atomic E-state index is 0.175. The van der Waals surface area contributed by atoms with E-state index in [4.69, 9.17) is 0 Å². The molecule has 0 aliphatic heterocycles. The van der Waals surface area contributed by atoms with Crippen molar-refractivity contribution in [1.29, 1.82) is 0 Å². The van der Waals surface area contributed by atoms with Gasteiger partial charge >= 0.3 is 0 Å². The topological polar surface area (TPSA) is 58.0 Å². The molecular formula is C11H13N3OS. The fraction of sp³-hybridized carbons (Fsp3) is 0.273. The molecule has 0 amide bonds. The number of aromatic hydroxyl groups is 1. The second-order valence-electron chi connectivity index (χ2n) is 3.59. The Morgan fingerprint density at radius 1 is 1.50 bits per heavy atom. The fourth-order valence-electron chi connectivity index (χ4n) is 1.43. The Hall–Kier alpha value is -1.46. The summed E-state index contributed by atoms with van der Waals surface area (Å²) in [6.45, 7) is 2.74. The van der Waals surface area contributed by atoms with Gasteiger partial charge in [0.1, 0.15) is 5.75 Å². The predicted octanol–water partition coefficient (Wildman–Crippen LogP) is 2.09. The van der Waals surface area contributed by atoms with Gasteiger partial charge in [0.05, 0.1) is 5.69 Å². The van der Waals surface area contributed by atoms with Crippen LogP contribution < -0.4 is 5.32 Å². The number of hydrogen-bond donors (Lipinski definition) is 2. The Kier molecular flexibility index (Phi) is 3.48. The summed E-state index contributed by atoms with van der Waals surface area (Å²) in [7, 11) is 0. The average molecular weight is 235 g/mol. The van der Waals surface area contributed by atoms with Gasteiger partial charge in [-0.25, -0.2) is 0 Å². The van der Waals surface area contributed by atoms with Crippen molar-refractivity contribution < 1.29 is 5.11 Å². The van der Waals surface area contributed by atoms with E-state index in [1.165, 1.54) is 11.5 Å². The predicted molar refractivity (Wildman–Crippen MR) is 63.3 cm³/mol. The molecule has 0 saturated carbocycles. The van der Waals surface area contributed by atoms with Gasteiger partial charge in [0.15, 0.2) is 0 Å². The van der Waals surface area contributed by atoms with Crippen LogP contribution in [0, 0.1) is 0 Å². The first kappa shape index (κ1) is 11.0. The van der Waals surface area contributed by atoms with Gasteiger partial charge in [0.25, 0.3) is 0 Å². The van der Waals surface area contributed by atoms with Crippen LogP contribution in [0.25, 0.3) is 0 Å². The van der Waals surface area contributed by atoms with Gasteiger partial charge in [-0.2, -0.15) is 0 Å².